The standard InChI is InChI=1S/C20H20ClNO5/c1-13(15-5-3-7-17(21)9-15)22-19(24)11-27-20(25)12-26-18-8-4-6-16(10-18)14(2)23/h3-10,13H,11-12H2,1-2H3,(H,22,24)/t13-/m0/s1. The summed E-state index contributed by atoms with van der Waals surface area (Å²) >= 11 is 5.93. The summed E-state index contributed by atoms with van der Waals surface area (Å²) in [5, 5.41) is 3.29. The molecule has 0 saturated carbocycles. The van der Waals surface area contributed by atoms with E-state index in [-0.39, 0.29) is 18.4 Å². The molecule has 0 unspecified atom stereocenters. The number of carbonyl (C=O) groups excluding carboxylic acids is 3. The van der Waals surface area contributed by atoms with Crippen LogP contribution >= 0.6 is 11.6 Å². The largest absolute Gasteiger partial charge is 0.482 e. The number of amides is 1. The third-order valence-corrected chi connectivity index (χ3v) is 3.92. The maximum Gasteiger partial charge on any atom is 0.344 e. The van der Waals surface area contributed by atoms with E-state index in [4.69, 9.17) is 21.1 Å². The Morgan fingerprint density at radius 3 is 2.52 bits per heavy atom. The number of carbonyl (C=O) groups is 3. The number of halogens is 1. The van der Waals surface area contributed by atoms with Crippen LogP contribution in [0.25, 0.3) is 0 Å². The molecule has 2 aromatic carbocycles. The molecule has 27 heavy (non-hydrogen) atoms. The SMILES string of the molecule is CC(=O)c1cccc(OCC(=O)OCC(=O)N[C@@H](C)c2cccc(Cl)c2)c1. The Morgan fingerprint density at radius 1 is 1.07 bits per heavy atom. The van der Waals surface area contributed by atoms with E-state index in [0.717, 1.165) is 5.56 Å². The Morgan fingerprint density at radius 2 is 1.81 bits per heavy atom. The lowest BCUT2D eigenvalue weighted by molar-refractivity contribution is -0.150. The van der Waals surface area contributed by atoms with Crippen molar-refractivity contribution in [2.45, 2.75) is 19.9 Å². The molecule has 0 aliphatic heterocycles. The van der Waals surface area contributed by atoms with Gasteiger partial charge in [-0.2, -0.15) is 0 Å². The average Bonchev–Trinajstić information content (AvgIpc) is 2.65. The predicted molar refractivity (Wildman–Crippen MR) is 101 cm³/mol. The van der Waals surface area contributed by atoms with Crippen LogP contribution in [-0.2, 0) is 14.3 Å². The van der Waals surface area contributed by atoms with Gasteiger partial charge in [0.2, 0.25) is 0 Å². The van der Waals surface area contributed by atoms with Gasteiger partial charge in [-0.25, -0.2) is 4.79 Å². The van der Waals surface area contributed by atoms with E-state index in [1.54, 1.807) is 43.3 Å². The quantitative estimate of drug-likeness (QED) is 0.553. The van der Waals surface area contributed by atoms with Gasteiger partial charge in [-0.3, -0.25) is 9.59 Å². The first-order valence-corrected chi connectivity index (χ1v) is 8.67. The molecule has 0 heterocycles. The third kappa shape index (κ3) is 6.75. The normalized spacial score (nSPS) is 11.4. The number of esters is 1. The molecule has 1 amide bonds. The molecular formula is C20H20ClNO5. The summed E-state index contributed by atoms with van der Waals surface area (Å²) in [5.41, 5.74) is 1.33. The van der Waals surface area contributed by atoms with Crippen LogP contribution in [0.5, 0.6) is 5.75 Å². The van der Waals surface area contributed by atoms with Crippen LogP contribution < -0.4 is 10.1 Å². The van der Waals surface area contributed by atoms with Crippen LogP contribution in [0, 0.1) is 0 Å². The highest BCUT2D eigenvalue weighted by Crippen LogP contribution is 2.17. The van der Waals surface area contributed by atoms with Gasteiger partial charge in [-0.05, 0) is 43.7 Å². The molecule has 0 aliphatic rings. The summed E-state index contributed by atoms with van der Waals surface area (Å²) in [7, 11) is 0. The number of hydrogen-bond donors (Lipinski definition) is 1. The lowest BCUT2D eigenvalue weighted by Crippen LogP contribution is -2.31. The first-order chi connectivity index (χ1) is 12.8. The number of benzene rings is 2. The summed E-state index contributed by atoms with van der Waals surface area (Å²) in [4.78, 5) is 35.0. The number of Topliss-reactive ketones (excluding diaryl/α,β-unsaturated/α-hetero) is 1. The van der Waals surface area contributed by atoms with E-state index < -0.39 is 18.5 Å². The second-order valence-corrected chi connectivity index (χ2v) is 6.31. The van der Waals surface area contributed by atoms with Crippen LogP contribution in [0.3, 0.4) is 0 Å². The minimum Gasteiger partial charge on any atom is -0.482 e. The molecule has 0 aromatic heterocycles. The van der Waals surface area contributed by atoms with Crippen molar-refractivity contribution < 1.29 is 23.9 Å². The molecule has 1 N–H and O–H groups in total. The van der Waals surface area contributed by atoms with Gasteiger partial charge in [0.05, 0.1) is 6.04 Å². The lowest BCUT2D eigenvalue weighted by atomic mass is 10.1. The summed E-state index contributed by atoms with van der Waals surface area (Å²) in [5.74, 6) is -0.851. The molecule has 2 aromatic rings. The zero-order valence-electron chi connectivity index (χ0n) is 15.0. The van der Waals surface area contributed by atoms with E-state index in [2.05, 4.69) is 5.32 Å². The van der Waals surface area contributed by atoms with Crippen LogP contribution in [-0.4, -0.2) is 30.9 Å². The third-order valence-electron chi connectivity index (χ3n) is 3.69. The van der Waals surface area contributed by atoms with Crippen molar-refractivity contribution in [3.05, 3.63) is 64.7 Å². The fourth-order valence-electron chi connectivity index (χ4n) is 2.28. The predicted octanol–water partition coefficient (Wildman–Crippen LogP) is 3.34. The van der Waals surface area contributed by atoms with Gasteiger partial charge in [0.25, 0.3) is 5.91 Å². The number of hydrogen-bond acceptors (Lipinski definition) is 5. The Bertz CT molecular complexity index is 837. The number of ether oxygens (including phenoxy) is 2. The number of nitrogens with one attached hydrogen (secondary N) is 1. The van der Waals surface area contributed by atoms with E-state index >= 15 is 0 Å². The van der Waals surface area contributed by atoms with Gasteiger partial charge in [-0.1, -0.05) is 35.9 Å². The number of rotatable bonds is 8. The van der Waals surface area contributed by atoms with Gasteiger partial charge in [-0.15, -0.1) is 0 Å². The van der Waals surface area contributed by atoms with Crippen molar-refractivity contribution in [2.75, 3.05) is 13.2 Å². The van der Waals surface area contributed by atoms with Crippen LogP contribution in [0.15, 0.2) is 48.5 Å². The molecule has 7 heteroatoms. The van der Waals surface area contributed by atoms with Gasteiger partial charge in [0.1, 0.15) is 5.75 Å². The fourth-order valence-corrected chi connectivity index (χ4v) is 2.48. The molecule has 0 fully saturated rings. The van der Waals surface area contributed by atoms with Crippen LogP contribution in [0.1, 0.15) is 35.8 Å². The summed E-state index contributed by atoms with van der Waals surface area (Å²) in [6.07, 6.45) is 0. The van der Waals surface area contributed by atoms with E-state index in [1.807, 2.05) is 6.07 Å². The van der Waals surface area contributed by atoms with E-state index in [1.165, 1.54) is 13.0 Å². The summed E-state index contributed by atoms with van der Waals surface area (Å²) < 4.78 is 10.2. The lowest BCUT2D eigenvalue weighted by Gasteiger charge is -2.14. The molecule has 1 atom stereocenters. The van der Waals surface area contributed by atoms with Gasteiger partial charge in [0, 0.05) is 10.6 Å². The van der Waals surface area contributed by atoms with Crippen LogP contribution in [0.4, 0.5) is 0 Å². The minimum atomic E-state index is -0.686. The maximum absolute atomic E-state index is 11.9. The van der Waals surface area contributed by atoms with Crippen molar-refractivity contribution >= 4 is 29.3 Å². The second-order valence-electron chi connectivity index (χ2n) is 5.88. The number of ketones is 1. The van der Waals surface area contributed by atoms with Crippen molar-refractivity contribution in [2.24, 2.45) is 0 Å². The molecule has 0 bridgehead atoms. The topological polar surface area (TPSA) is 81.7 Å². The first-order valence-electron chi connectivity index (χ1n) is 8.29. The highest BCUT2D eigenvalue weighted by atomic mass is 35.5. The van der Waals surface area contributed by atoms with Crippen molar-refractivity contribution in [1.82, 2.24) is 5.32 Å². The Labute approximate surface area is 162 Å². The van der Waals surface area contributed by atoms with Crippen molar-refractivity contribution in [3.63, 3.8) is 0 Å². The van der Waals surface area contributed by atoms with E-state index in [0.29, 0.717) is 16.3 Å². The van der Waals surface area contributed by atoms with Gasteiger partial charge >= 0.3 is 5.97 Å². The monoisotopic (exact) mass is 389 g/mol. The maximum atomic E-state index is 11.9. The molecule has 6 nitrogen and oxygen atoms in total. The molecule has 0 saturated heterocycles. The molecule has 142 valence electrons. The smallest absolute Gasteiger partial charge is 0.344 e. The summed E-state index contributed by atoms with van der Waals surface area (Å²) in [6.45, 7) is 2.46. The molecule has 0 spiro atoms. The molecular weight excluding hydrogens is 370 g/mol. The summed E-state index contributed by atoms with van der Waals surface area (Å²) in [6, 6.07) is 13.3. The average molecular weight is 390 g/mol. The van der Waals surface area contributed by atoms with E-state index in [9.17, 15) is 14.4 Å². The fraction of sp³-hybridized carbons (Fsp3) is 0.250. The highest BCUT2D eigenvalue weighted by Gasteiger charge is 2.13. The molecule has 0 aliphatic carbocycles. The van der Waals surface area contributed by atoms with Crippen molar-refractivity contribution in [3.8, 4) is 5.75 Å². The zero-order valence-corrected chi connectivity index (χ0v) is 15.8. The minimum absolute atomic E-state index is 0.103. The zero-order chi connectivity index (χ0) is 19.8. The van der Waals surface area contributed by atoms with Crippen LogP contribution in [0.2, 0.25) is 5.02 Å². The van der Waals surface area contributed by atoms with Gasteiger partial charge in [0.15, 0.2) is 19.0 Å². The second kappa shape index (κ2) is 9.73. The Balaban J connectivity index is 1.75. The highest BCUT2D eigenvalue weighted by molar-refractivity contribution is 6.30. The Kier molecular flexibility index (Phi) is 7.37. The first kappa shape index (κ1) is 20.5. The molecule has 2 rings (SSSR count). The van der Waals surface area contributed by atoms with Gasteiger partial charge < -0.3 is 14.8 Å². The Hall–Kier alpha value is -2.86. The molecule has 0 radical (unpaired) electrons. The van der Waals surface area contributed by atoms with Crippen molar-refractivity contribution in [1.29, 1.82) is 0 Å².